The summed E-state index contributed by atoms with van der Waals surface area (Å²) in [5, 5.41) is 0. The van der Waals surface area contributed by atoms with Crippen molar-refractivity contribution in [2.45, 2.75) is 124 Å². The van der Waals surface area contributed by atoms with E-state index in [0.717, 1.165) is 11.8 Å². The summed E-state index contributed by atoms with van der Waals surface area (Å²) in [5.74, 6) is 1.65. The first-order valence-corrected chi connectivity index (χ1v) is 12.3. The molecule has 0 saturated heterocycles. The van der Waals surface area contributed by atoms with E-state index in [1.807, 2.05) is 0 Å². The highest BCUT2D eigenvalue weighted by molar-refractivity contribution is 5.15. The third-order valence-corrected chi connectivity index (χ3v) is 6.38. The number of rotatable bonds is 18. The zero-order chi connectivity index (χ0) is 19.6. The molecular formula is C27H48. The number of benzene rings is 1. The minimum atomic E-state index is 0.800. The molecule has 0 bridgehead atoms. The summed E-state index contributed by atoms with van der Waals surface area (Å²) in [5.41, 5.74) is 1.50. The monoisotopic (exact) mass is 372 g/mol. The predicted molar refractivity (Wildman–Crippen MR) is 123 cm³/mol. The highest BCUT2D eigenvalue weighted by Gasteiger charge is 2.12. The fourth-order valence-electron chi connectivity index (χ4n) is 4.13. The summed E-state index contributed by atoms with van der Waals surface area (Å²) in [4.78, 5) is 0. The lowest BCUT2D eigenvalue weighted by molar-refractivity contribution is 0.348. The lowest BCUT2D eigenvalue weighted by Crippen LogP contribution is -2.11. The Balaban J connectivity index is 1.85. The Kier molecular flexibility index (Phi) is 15.6. The highest BCUT2D eigenvalue weighted by Crippen LogP contribution is 2.23. The van der Waals surface area contributed by atoms with Gasteiger partial charge >= 0.3 is 0 Å². The molecule has 0 amide bonds. The van der Waals surface area contributed by atoms with Gasteiger partial charge < -0.3 is 0 Å². The van der Waals surface area contributed by atoms with Crippen LogP contribution in [0, 0.1) is 11.8 Å². The van der Waals surface area contributed by atoms with Crippen molar-refractivity contribution in [3.05, 3.63) is 35.9 Å². The molecule has 0 spiro atoms. The van der Waals surface area contributed by atoms with Crippen molar-refractivity contribution in [3.63, 3.8) is 0 Å². The first-order valence-electron chi connectivity index (χ1n) is 12.3. The topological polar surface area (TPSA) is 0 Å². The second kappa shape index (κ2) is 17.3. The normalized spacial score (nSPS) is 13.6. The highest BCUT2D eigenvalue weighted by atomic mass is 14.2. The SMILES string of the molecule is CCCCCCCCCCCCCCCCC(C)C(C)Cc1ccccc1. The standard InChI is InChI=1S/C27H48/c1-4-5-6-7-8-9-10-11-12-13-14-15-16-18-21-25(2)26(3)24-27-22-19-17-20-23-27/h17,19-20,22-23,25-26H,4-16,18,21,24H2,1-3H3. The zero-order valence-corrected chi connectivity index (χ0v) is 18.9. The van der Waals surface area contributed by atoms with Crippen LogP contribution in [0.3, 0.4) is 0 Å². The van der Waals surface area contributed by atoms with Crippen LogP contribution in [0.2, 0.25) is 0 Å². The molecule has 0 radical (unpaired) electrons. The van der Waals surface area contributed by atoms with Crippen molar-refractivity contribution in [1.29, 1.82) is 0 Å². The summed E-state index contributed by atoms with van der Waals surface area (Å²) < 4.78 is 0. The molecule has 1 rings (SSSR count). The smallest absolute Gasteiger partial charge is 0.0250 e. The Morgan fingerprint density at radius 2 is 1.00 bits per heavy atom. The summed E-state index contributed by atoms with van der Waals surface area (Å²) in [6, 6.07) is 11.0. The van der Waals surface area contributed by atoms with Crippen molar-refractivity contribution < 1.29 is 0 Å². The van der Waals surface area contributed by atoms with Crippen LogP contribution in [0.25, 0.3) is 0 Å². The van der Waals surface area contributed by atoms with Crippen LogP contribution in [0.4, 0.5) is 0 Å². The lowest BCUT2D eigenvalue weighted by Gasteiger charge is -2.20. The van der Waals surface area contributed by atoms with E-state index in [9.17, 15) is 0 Å². The molecule has 0 aliphatic rings. The van der Waals surface area contributed by atoms with Crippen LogP contribution in [-0.2, 0) is 6.42 Å². The molecule has 1 aromatic carbocycles. The molecule has 27 heavy (non-hydrogen) atoms. The molecule has 2 atom stereocenters. The maximum Gasteiger partial charge on any atom is -0.0250 e. The predicted octanol–water partition coefficient (Wildman–Crippen LogP) is 9.37. The van der Waals surface area contributed by atoms with Crippen molar-refractivity contribution in [2.24, 2.45) is 11.8 Å². The molecule has 0 aliphatic heterocycles. The molecule has 2 unspecified atom stereocenters. The lowest BCUT2D eigenvalue weighted by atomic mass is 9.86. The van der Waals surface area contributed by atoms with Crippen LogP contribution < -0.4 is 0 Å². The average molecular weight is 373 g/mol. The second-order valence-electron chi connectivity index (χ2n) is 9.03. The van der Waals surface area contributed by atoms with Gasteiger partial charge in [-0.1, -0.05) is 147 Å². The number of hydrogen-bond acceptors (Lipinski definition) is 0. The van der Waals surface area contributed by atoms with E-state index >= 15 is 0 Å². The Labute approximate surface area is 171 Å². The van der Waals surface area contributed by atoms with Crippen molar-refractivity contribution in [3.8, 4) is 0 Å². The van der Waals surface area contributed by atoms with E-state index in [2.05, 4.69) is 51.1 Å². The van der Waals surface area contributed by atoms with Crippen LogP contribution >= 0.6 is 0 Å². The molecule has 0 heterocycles. The first-order chi connectivity index (χ1) is 13.2. The van der Waals surface area contributed by atoms with Gasteiger partial charge in [-0.25, -0.2) is 0 Å². The van der Waals surface area contributed by atoms with E-state index in [0.29, 0.717) is 0 Å². The number of unbranched alkanes of at least 4 members (excludes halogenated alkanes) is 13. The Bertz CT molecular complexity index is 407. The van der Waals surface area contributed by atoms with Gasteiger partial charge in [-0.05, 0) is 23.8 Å². The van der Waals surface area contributed by atoms with E-state index in [4.69, 9.17) is 0 Å². The minimum Gasteiger partial charge on any atom is -0.0654 e. The van der Waals surface area contributed by atoms with E-state index in [1.165, 1.54) is 108 Å². The third-order valence-electron chi connectivity index (χ3n) is 6.38. The Morgan fingerprint density at radius 1 is 0.556 bits per heavy atom. The average Bonchev–Trinajstić information content (AvgIpc) is 2.68. The largest absolute Gasteiger partial charge is 0.0654 e. The number of hydrogen-bond donors (Lipinski definition) is 0. The minimum absolute atomic E-state index is 0.800. The van der Waals surface area contributed by atoms with Gasteiger partial charge in [0.15, 0.2) is 0 Å². The maximum atomic E-state index is 2.45. The second-order valence-corrected chi connectivity index (χ2v) is 9.03. The fourth-order valence-corrected chi connectivity index (χ4v) is 4.13. The molecular weight excluding hydrogens is 324 g/mol. The summed E-state index contributed by atoms with van der Waals surface area (Å²) >= 11 is 0. The molecule has 0 aromatic heterocycles. The van der Waals surface area contributed by atoms with Gasteiger partial charge in [0.05, 0.1) is 0 Å². The van der Waals surface area contributed by atoms with Crippen molar-refractivity contribution in [2.75, 3.05) is 0 Å². The van der Waals surface area contributed by atoms with Gasteiger partial charge in [0, 0.05) is 0 Å². The molecule has 0 heteroatoms. The van der Waals surface area contributed by atoms with Gasteiger partial charge in [-0.2, -0.15) is 0 Å². The van der Waals surface area contributed by atoms with Crippen LogP contribution in [0.15, 0.2) is 30.3 Å². The van der Waals surface area contributed by atoms with E-state index < -0.39 is 0 Å². The molecule has 0 saturated carbocycles. The van der Waals surface area contributed by atoms with Crippen molar-refractivity contribution >= 4 is 0 Å². The molecule has 156 valence electrons. The van der Waals surface area contributed by atoms with E-state index in [1.54, 1.807) is 0 Å². The van der Waals surface area contributed by atoms with Gasteiger partial charge in [-0.15, -0.1) is 0 Å². The summed E-state index contributed by atoms with van der Waals surface area (Å²) in [7, 11) is 0. The first kappa shape index (κ1) is 24.3. The Morgan fingerprint density at radius 3 is 1.48 bits per heavy atom. The van der Waals surface area contributed by atoms with Crippen LogP contribution in [0.1, 0.15) is 123 Å². The summed E-state index contributed by atoms with van der Waals surface area (Å²) in [6.45, 7) is 7.19. The van der Waals surface area contributed by atoms with Gasteiger partial charge in [0.2, 0.25) is 0 Å². The zero-order valence-electron chi connectivity index (χ0n) is 18.9. The molecule has 0 fully saturated rings. The molecule has 0 N–H and O–H groups in total. The molecule has 0 aliphatic carbocycles. The van der Waals surface area contributed by atoms with Gasteiger partial charge in [0.1, 0.15) is 0 Å². The third kappa shape index (κ3) is 14.0. The van der Waals surface area contributed by atoms with Crippen LogP contribution in [0.5, 0.6) is 0 Å². The van der Waals surface area contributed by atoms with Gasteiger partial charge in [0.25, 0.3) is 0 Å². The molecule has 1 aromatic rings. The van der Waals surface area contributed by atoms with Gasteiger partial charge in [-0.3, -0.25) is 0 Å². The summed E-state index contributed by atoms with van der Waals surface area (Å²) in [6.07, 6.45) is 23.0. The van der Waals surface area contributed by atoms with Crippen LogP contribution in [-0.4, -0.2) is 0 Å². The van der Waals surface area contributed by atoms with Crippen molar-refractivity contribution in [1.82, 2.24) is 0 Å². The van der Waals surface area contributed by atoms with E-state index in [-0.39, 0.29) is 0 Å². The molecule has 0 nitrogen and oxygen atoms in total. The quantitative estimate of drug-likeness (QED) is 0.225. The Hall–Kier alpha value is -0.780. The fraction of sp³-hybridized carbons (Fsp3) is 0.778. The maximum absolute atomic E-state index is 2.45.